The molecule has 0 atom stereocenters. The Hall–Kier alpha value is -2.75. The number of fused-ring (bicyclic) bond motifs is 1. The van der Waals surface area contributed by atoms with Crippen LogP contribution >= 0.6 is 11.5 Å². The number of amides is 1. The van der Waals surface area contributed by atoms with Gasteiger partial charge in [0, 0.05) is 11.6 Å². The van der Waals surface area contributed by atoms with Crippen LogP contribution in [-0.4, -0.2) is 26.3 Å². The maximum absolute atomic E-state index is 13.0. The Kier molecular flexibility index (Phi) is 5.01. The molecule has 1 amide bonds. The summed E-state index contributed by atoms with van der Waals surface area (Å²) in [5.74, 6) is -0.199. The fraction of sp³-hybridized carbons (Fsp3) is 0.294. The van der Waals surface area contributed by atoms with E-state index in [0.29, 0.717) is 0 Å². The first-order valence-electron chi connectivity index (χ1n) is 8.00. The number of carbonyl (C=O) groups excluding carboxylic acids is 1. The van der Waals surface area contributed by atoms with Crippen molar-refractivity contribution in [3.05, 3.63) is 46.0 Å². The van der Waals surface area contributed by atoms with Crippen molar-refractivity contribution in [2.24, 2.45) is 0 Å². The molecule has 27 heavy (non-hydrogen) atoms. The minimum atomic E-state index is -4.49. The molecule has 0 saturated carbocycles. The van der Waals surface area contributed by atoms with Crippen LogP contribution in [0.3, 0.4) is 0 Å². The zero-order valence-corrected chi connectivity index (χ0v) is 15.2. The molecule has 0 bridgehead atoms. The molecule has 3 rings (SSSR count). The van der Waals surface area contributed by atoms with Gasteiger partial charge in [0.15, 0.2) is 0 Å². The smallest absolute Gasteiger partial charge is 0.354 e. The lowest BCUT2D eigenvalue weighted by atomic mass is 10.1. The van der Waals surface area contributed by atoms with Gasteiger partial charge >= 0.3 is 6.18 Å². The largest absolute Gasteiger partial charge is 0.416 e. The Morgan fingerprint density at radius 1 is 1.33 bits per heavy atom. The Labute approximate surface area is 155 Å². The van der Waals surface area contributed by atoms with E-state index in [1.54, 1.807) is 13.8 Å². The number of aromatic amines is 1. The molecule has 0 aliphatic heterocycles. The van der Waals surface area contributed by atoms with Gasteiger partial charge in [0.25, 0.3) is 5.56 Å². The van der Waals surface area contributed by atoms with E-state index in [0.717, 1.165) is 23.7 Å². The molecule has 10 heteroatoms. The summed E-state index contributed by atoms with van der Waals surface area (Å²) in [5.41, 5.74) is -0.745. The molecule has 0 saturated heterocycles. The quantitative estimate of drug-likeness (QED) is 0.709. The highest BCUT2D eigenvalue weighted by atomic mass is 32.1. The molecule has 0 spiro atoms. The first-order chi connectivity index (χ1) is 12.6. The van der Waals surface area contributed by atoms with Crippen LogP contribution in [-0.2, 0) is 17.4 Å². The van der Waals surface area contributed by atoms with Gasteiger partial charge in [0.05, 0.1) is 12.0 Å². The number of halogens is 3. The Balaban J connectivity index is 2.05. The molecular weight excluding hydrogens is 381 g/mol. The van der Waals surface area contributed by atoms with E-state index >= 15 is 0 Å². The van der Waals surface area contributed by atoms with Crippen LogP contribution in [0, 0.1) is 0 Å². The average molecular weight is 396 g/mol. The number of benzene rings is 1. The van der Waals surface area contributed by atoms with Crippen LogP contribution in [0.15, 0.2) is 29.1 Å². The summed E-state index contributed by atoms with van der Waals surface area (Å²) in [6, 6.07) is 4.59. The number of hydrogen-bond donors (Lipinski definition) is 2. The van der Waals surface area contributed by atoms with Crippen molar-refractivity contribution in [2.75, 3.05) is 0 Å². The fourth-order valence-electron chi connectivity index (χ4n) is 2.53. The second-order valence-corrected chi connectivity index (χ2v) is 6.97. The lowest BCUT2D eigenvalue weighted by Gasteiger charge is -2.08. The van der Waals surface area contributed by atoms with Gasteiger partial charge in [-0.1, -0.05) is 12.1 Å². The number of nitrogens with zero attached hydrogens (tertiary/aromatic N) is 2. The lowest BCUT2D eigenvalue weighted by molar-refractivity contribution is -0.137. The molecule has 0 unspecified atom stereocenters. The van der Waals surface area contributed by atoms with Crippen LogP contribution in [0.4, 0.5) is 13.2 Å². The zero-order chi connectivity index (χ0) is 19.8. The molecule has 142 valence electrons. The molecule has 0 aliphatic rings. The van der Waals surface area contributed by atoms with Gasteiger partial charge in [0.1, 0.15) is 21.7 Å². The van der Waals surface area contributed by atoms with E-state index in [1.165, 1.54) is 12.1 Å². The van der Waals surface area contributed by atoms with Crippen LogP contribution < -0.4 is 10.9 Å². The van der Waals surface area contributed by atoms with Crippen molar-refractivity contribution < 1.29 is 18.0 Å². The van der Waals surface area contributed by atoms with Crippen molar-refractivity contribution in [1.82, 2.24) is 19.7 Å². The van der Waals surface area contributed by atoms with Gasteiger partial charge in [-0.3, -0.25) is 9.59 Å². The van der Waals surface area contributed by atoms with Crippen molar-refractivity contribution in [2.45, 2.75) is 32.5 Å². The summed E-state index contributed by atoms with van der Waals surface area (Å²) in [5, 5.41) is 2.68. The van der Waals surface area contributed by atoms with E-state index in [-0.39, 0.29) is 45.7 Å². The summed E-state index contributed by atoms with van der Waals surface area (Å²) in [4.78, 5) is 30.9. The molecule has 0 fully saturated rings. The van der Waals surface area contributed by atoms with Gasteiger partial charge in [0.2, 0.25) is 5.91 Å². The zero-order valence-electron chi connectivity index (χ0n) is 14.3. The molecule has 3 aromatic rings. The third-order valence-electron chi connectivity index (χ3n) is 3.62. The van der Waals surface area contributed by atoms with E-state index in [4.69, 9.17) is 0 Å². The maximum atomic E-state index is 13.0. The van der Waals surface area contributed by atoms with Crippen molar-refractivity contribution >= 4 is 27.7 Å². The highest BCUT2D eigenvalue weighted by molar-refractivity contribution is 7.13. The van der Waals surface area contributed by atoms with Gasteiger partial charge in [-0.25, -0.2) is 4.98 Å². The predicted octanol–water partition coefficient (Wildman–Crippen LogP) is 3.13. The average Bonchev–Trinajstić information content (AvgIpc) is 2.97. The summed E-state index contributed by atoms with van der Waals surface area (Å²) in [6.07, 6.45) is -4.64. The summed E-state index contributed by atoms with van der Waals surface area (Å²) in [7, 11) is 0. The molecule has 2 N–H and O–H groups in total. The number of alkyl halides is 3. The highest BCUT2D eigenvalue weighted by Crippen LogP contribution is 2.34. The first-order valence-corrected chi connectivity index (χ1v) is 8.78. The van der Waals surface area contributed by atoms with Gasteiger partial charge in [-0.05, 0) is 37.5 Å². The molecule has 0 aliphatic carbocycles. The second-order valence-electron chi connectivity index (χ2n) is 6.20. The van der Waals surface area contributed by atoms with Crippen LogP contribution in [0.2, 0.25) is 0 Å². The van der Waals surface area contributed by atoms with Crippen LogP contribution in [0.1, 0.15) is 25.2 Å². The van der Waals surface area contributed by atoms with Crippen LogP contribution in [0.5, 0.6) is 0 Å². The van der Waals surface area contributed by atoms with Crippen molar-refractivity contribution in [3.63, 3.8) is 0 Å². The fourth-order valence-corrected chi connectivity index (χ4v) is 3.27. The number of rotatable bonds is 4. The summed E-state index contributed by atoms with van der Waals surface area (Å²) >= 11 is 0.849. The van der Waals surface area contributed by atoms with E-state index in [2.05, 4.69) is 19.7 Å². The standard InChI is InChI=1S/C17H15F3N4O2S/c1-8(2)21-12(25)7-11-22-14-13(24-27-15(14)16(26)23-11)9-4-3-5-10(6-9)17(18,19)20/h3-6,8H,7H2,1-2H3,(H,21,25)(H,22,23,26). The van der Waals surface area contributed by atoms with Gasteiger partial charge in [-0.2, -0.15) is 17.5 Å². The minimum Gasteiger partial charge on any atom is -0.354 e. The summed E-state index contributed by atoms with van der Waals surface area (Å²) in [6.45, 7) is 3.59. The Morgan fingerprint density at radius 2 is 2.07 bits per heavy atom. The number of carbonyl (C=O) groups is 1. The molecule has 6 nitrogen and oxygen atoms in total. The lowest BCUT2D eigenvalue weighted by Crippen LogP contribution is -2.32. The maximum Gasteiger partial charge on any atom is 0.416 e. The molecule has 2 heterocycles. The number of nitrogens with one attached hydrogen (secondary N) is 2. The molecular formula is C17H15F3N4O2S. The SMILES string of the molecule is CC(C)NC(=O)Cc1nc2c(-c3cccc(C(F)(F)F)c3)nsc2c(=O)[nH]1. The topological polar surface area (TPSA) is 87.7 Å². The summed E-state index contributed by atoms with van der Waals surface area (Å²) < 4.78 is 43.2. The van der Waals surface area contributed by atoms with Gasteiger partial charge < -0.3 is 10.3 Å². The number of hydrogen-bond acceptors (Lipinski definition) is 5. The predicted molar refractivity (Wildman–Crippen MR) is 95.5 cm³/mol. The van der Waals surface area contributed by atoms with E-state index in [9.17, 15) is 22.8 Å². The Morgan fingerprint density at radius 3 is 2.74 bits per heavy atom. The van der Waals surface area contributed by atoms with Gasteiger partial charge in [-0.15, -0.1) is 0 Å². The third-order valence-corrected chi connectivity index (χ3v) is 4.45. The van der Waals surface area contributed by atoms with E-state index in [1.807, 2.05) is 0 Å². The Bertz CT molecular complexity index is 1060. The molecule has 0 radical (unpaired) electrons. The van der Waals surface area contributed by atoms with Crippen LogP contribution in [0.25, 0.3) is 21.5 Å². The monoisotopic (exact) mass is 396 g/mol. The first kappa shape index (κ1) is 19.0. The molecule has 2 aromatic heterocycles. The second kappa shape index (κ2) is 7.10. The minimum absolute atomic E-state index is 0.0727. The molecule has 1 aromatic carbocycles. The number of H-pyrrole nitrogens is 1. The van der Waals surface area contributed by atoms with E-state index < -0.39 is 17.3 Å². The number of aromatic nitrogens is 3. The van der Waals surface area contributed by atoms with Crippen molar-refractivity contribution in [1.29, 1.82) is 0 Å². The third kappa shape index (κ3) is 4.16. The normalized spacial score (nSPS) is 11.9. The highest BCUT2D eigenvalue weighted by Gasteiger charge is 2.31. The van der Waals surface area contributed by atoms with Crippen molar-refractivity contribution in [3.8, 4) is 11.3 Å².